The molecule has 1 aromatic heterocycles. The molecule has 0 bridgehead atoms. The van der Waals surface area contributed by atoms with Crippen LogP contribution >= 0.6 is 0 Å². The number of likely N-dealkylation sites (tertiary alicyclic amines) is 1. The van der Waals surface area contributed by atoms with Gasteiger partial charge in [-0.1, -0.05) is 30.3 Å². The van der Waals surface area contributed by atoms with Gasteiger partial charge >= 0.3 is 18.0 Å². The smallest absolute Gasteiger partial charge is 0.413 e. The second-order valence-corrected chi connectivity index (χ2v) is 6.71. The number of carbonyl (C=O) groups excluding carboxylic acids is 3. The second-order valence-electron chi connectivity index (χ2n) is 6.71. The Hall–Kier alpha value is -3.29. The molecule has 8 heteroatoms. The van der Waals surface area contributed by atoms with Crippen LogP contribution in [0.15, 0.2) is 46.9 Å². The molecule has 2 atom stereocenters. The van der Waals surface area contributed by atoms with E-state index < -0.39 is 30.4 Å². The van der Waals surface area contributed by atoms with Crippen molar-refractivity contribution in [2.45, 2.75) is 45.6 Å². The van der Waals surface area contributed by atoms with E-state index in [1.807, 2.05) is 30.3 Å². The second kappa shape index (κ2) is 9.27. The number of esters is 2. The molecule has 1 aliphatic rings. The van der Waals surface area contributed by atoms with Gasteiger partial charge in [0.15, 0.2) is 0 Å². The molecule has 3 rings (SSSR count). The van der Waals surface area contributed by atoms with Crippen molar-refractivity contribution in [2.24, 2.45) is 0 Å². The van der Waals surface area contributed by atoms with Gasteiger partial charge in [0, 0.05) is 13.5 Å². The Balaban J connectivity index is 1.50. The van der Waals surface area contributed by atoms with Crippen molar-refractivity contribution in [3.8, 4) is 0 Å². The first-order valence-electron chi connectivity index (χ1n) is 9.39. The van der Waals surface area contributed by atoms with Crippen LogP contribution in [0.5, 0.6) is 0 Å². The number of aryl methyl sites for hydroxylation is 1. The highest BCUT2D eigenvalue weighted by Gasteiger charge is 2.37. The zero-order chi connectivity index (χ0) is 20.8. The summed E-state index contributed by atoms with van der Waals surface area (Å²) in [4.78, 5) is 38.1. The average molecular weight is 401 g/mol. The predicted molar refractivity (Wildman–Crippen MR) is 101 cm³/mol. The van der Waals surface area contributed by atoms with E-state index in [9.17, 15) is 14.4 Å². The van der Waals surface area contributed by atoms with Crippen molar-refractivity contribution >= 4 is 18.0 Å². The monoisotopic (exact) mass is 401 g/mol. The van der Waals surface area contributed by atoms with Crippen LogP contribution in [0.1, 0.15) is 41.6 Å². The fraction of sp³-hybridized carbons (Fsp3) is 0.381. The van der Waals surface area contributed by atoms with E-state index in [1.165, 1.54) is 17.9 Å². The fourth-order valence-electron chi connectivity index (χ4n) is 3.04. The van der Waals surface area contributed by atoms with E-state index in [0.29, 0.717) is 25.1 Å². The molecule has 1 saturated heterocycles. The molecular formula is C21H23NO7. The van der Waals surface area contributed by atoms with Gasteiger partial charge in [0.1, 0.15) is 18.4 Å². The van der Waals surface area contributed by atoms with E-state index in [4.69, 9.17) is 18.6 Å². The quantitative estimate of drug-likeness (QED) is 0.540. The molecular weight excluding hydrogens is 378 g/mol. The van der Waals surface area contributed by atoms with Crippen molar-refractivity contribution in [3.05, 3.63) is 59.5 Å². The molecule has 0 radical (unpaired) electrons. The molecule has 0 spiro atoms. The lowest BCUT2D eigenvalue weighted by Crippen LogP contribution is -2.43. The summed E-state index contributed by atoms with van der Waals surface area (Å²) in [5.41, 5.74) is 0.863. The Kier molecular flexibility index (Phi) is 6.54. The Morgan fingerprint density at radius 2 is 1.90 bits per heavy atom. The highest BCUT2D eigenvalue weighted by atomic mass is 16.7. The fourth-order valence-corrected chi connectivity index (χ4v) is 3.04. The van der Waals surface area contributed by atoms with E-state index >= 15 is 0 Å². The Bertz CT molecular complexity index is 861. The van der Waals surface area contributed by atoms with Gasteiger partial charge in [0.2, 0.25) is 12.1 Å². The third-order valence-electron chi connectivity index (χ3n) is 4.46. The van der Waals surface area contributed by atoms with Gasteiger partial charge in [-0.3, -0.25) is 4.90 Å². The van der Waals surface area contributed by atoms with Crippen LogP contribution in [0.2, 0.25) is 0 Å². The molecule has 0 aliphatic carbocycles. The summed E-state index contributed by atoms with van der Waals surface area (Å²) < 4.78 is 20.7. The molecule has 1 fully saturated rings. The minimum absolute atomic E-state index is 0.0222. The number of hydrogen-bond acceptors (Lipinski definition) is 7. The molecule has 2 heterocycles. The van der Waals surface area contributed by atoms with Crippen LogP contribution < -0.4 is 0 Å². The summed E-state index contributed by atoms with van der Waals surface area (Å²) in [6.07, 6.45) is -0.732. The highest BCUT2D eigenvalue weighted by Crippen LogP contribution is 2.21. The summed E-state index contributed by atoms with van der Waals surface area (Å²) in [6, 6.07) is 11.7. The van der Waals surface area contributed by atoms with Gasteiger partial charge in [0.05, 0.1) is 0 Å². The van der Waals surface area contributed by atoms with Crippen LogP contribution in [-0.2, 0) is 25.6 Å². The van der Waals surface area contributed by atoms with Crippen LogP contribution in [0, 0.1) is 6.92 Å². The van der Waals surface area contributed by atoms with Crippen LogP contribution in [0.3, 0.4) is 0 Å². The van der Waals surface area contributed by atoms with Gasteiger partial charge in [0.25, 0.3) is 0 Å². The molecule has 1 aliphatic heterocycles. The van der Waals surface area contributed by atoms with Crippen molar-refractivity contribution in [1.29, 1.82) is 0 Å². The molecule has 1 amide bonds. The molecule has 1 unspecified atom stereocenters. The summed E-state index contributed by atoms with van der Waals surface area (Å²) in [6.45, 7) is 3.62. The first-order chi connectivity index (χ1) is 13.9. The zero-order valence-corrected chi connectivity index (χ0v) is 16.3. The number of rotatable bonds is 6. The van der Waals surface area contributed by atoms with E-state index in [0.717, 1.165) is 5.56 Å². The van der Waals surface area contributed by atoms with E-state index in [1.54, 1.807) is 13.0 Å². The number of benzene rings is 1. The van der Waals surface area contributed by atoms with Gasteiger partial charge in [-0.2, -0.15) is 0 Å². The number of furan rings is 1. The lowest BCUT2D eigenvalue weighted by molar-refractivity contribution is -0.150. The maximum absolute atomic E-state index is 12.4. The summed E-state index contributed by atoms with van der Waals surface area (Å²) >= 11 is 0. The zero-order valence-electron chi connectivity index (χ0n) is 16.3. The first kappa shape index (κ1) is 20.4. The Morgan fingerprint density at radius 1 is 1.14 bits per heavy atom. The van der Waals surface area contributed by atoms with Gasteiger partial charge in [-0.25, -0.2) is 14.4 Å². The third kappa shape index (κ3) is 5.37. The average Bonchev–Trinajstić information content (AvgIpc) is 3.36. The molecule has 0 saturated carbocycles. The maximum atomic E-state index is 12.4. The molecule has 0 N–H and O–H groups in total. The number of hydrogen-bond donors (Lipinski definition) is 0. The maximum Gasteiger partial charge on any atom is 0.413 e. The molecule has 154 valence electrons. The molecule has 8 nitrogen and oxygen atoms in total. The largest absolute Gasteiger partial charge is 0.459 e. The summed E-state index contributed by atoms with van der Waals surface area (Å²) in [7, 11) is 0. The molecule has 29 heavy (non-hydrogen) atoms. The van der Waals surface area contributed by atoms with Crippen LogP contribution in [0.25, 0.3) is 0 Å². The van der Waals surface area contributed by atoms with Gasteiger partial charge in [-0.05, 0) is 37.5 Å². The van der Waals surface area contributed by atoms with E-state index in [2.05, 4.69) is 0 Å². The first-order valence-corrected chi connectivity index (χ1v) is 9.39. The summed E-state index contributed by atoms with van der Waals surface area (Å²) in [5.74, 6) is -0.637. The van der Waals surface area contributed by atoms with Crippen molar-refractivity contribution < 1.29 is 33.0 Å². The minimum Gasteiger partial charge on any atom is -0.459 e. The topological polar surface area (TPSA) is 95.3 Å². The number of amides is 1. The Morgan fingerprint density at radius 3 is 2.59 bits per heavy atom. The van der Waals surface area contributed by atoms with Gasteiger partial charge in [-0.15, -0.1) is 0 Å². The predicted octanol–water partition coefficient (Wildman–Crippen LogP) is 3.44. The van der Waals surface area contributed by atoms with Crippen molar-refractivity contribution in [3.63, 3.8) is 0 Å². The number of ether oxygens (including phenoxy) is 3. The lowest BCUT2D eigenvalue weighted by atomic mass is 10.2. The molecule has 1 aromatic carbocycles. The van der Waals surface area contributed by atoms with Crippen molar-refractivity contribution in [1.82, 2.24) is 4.90 Å². The van der Waals surface area contributed by atoms with Crippen LogP contribution in [-0.4, -0.2) is 41.8 Å². The third-order valence-corrected chi connectivity index (χ3v) is 4.46. The number of nitrogens with zero attached hydrogens (tertiary/aromatic N) is 1. The van der Waals surface area contributed by atoms with E-state index in [-0.39, 0.29) is 12.4 Å². The SMILES string of the molecule is Cc1ccc(C(=O)OC(C)OC(=O)N2CCC[C@H]2C(=O)OCc2ccccc2)o1. The van der Waals surface area contributed by atoms with Crippen LogP contribution in [0.4, 0.5) is 4.79 Å². The standard InChI is InChI=1S/C21H23NO7/c1-14-10-11-18(27-14)20(24)28-15(2)29-21(25)22-12-6-9-17(22)19(23)26-13-16-7-4-3-5-8-16/h3-5,7-8,10-11,15,17H,6,9,12-13H2,1-2H3/t15?,17-/m0/s1. The highest BCUT2D eigenvalue weighted by molar-refractivity contribution is 5.86. The Labute approximate surface area is 168 Å². The van der Waals surface area contributed by atoms with Gasteiger partial charge < -0.3 is 18.6 Å². The number of carbonyl (C=O) groups is 3. The normalized spacial score (nSPS) is 16.9. The summed E-state index contributed by atoms with van der Waals surface area (Å²) in [5, 5.41) is 0. The lowest BCUT2D eigenvalue weighted by Gasteiger charge is -2.24. The molecule has 2 aromatic rings. The van der Waals surface area contributed by atoms with Crippen molar-refractivity contribution in [2.75, 3.05) is 6.54 Å². The minimum atomic E-state index is -1.14.